The largest absolute Gasteiger partial charge is 0.435 e. The van der Waals surface area contributed by atoms with Crippen molar-refractivity contribution >= 4 is 10.9 Å². The molecule has 0 unspecified atom stereocenters. The number of hydrogen-bond donors (Lipinski definition) is 0. The van der Waals surface area contributed by atoms with Crippen LogP contribution in [-0.4, -0.2) is 14.5 Å². The van der Waals surface area contributed by atoms with Gasteiger partial charge in [0.05, 0.1) is 23.8 Å². The van der Waals surface area contributed by atoms with Gasteiger partial charge in [0, 0.05) is 17.8 Å². The van der Waals surface area contributed by atoms with E-state index in [0.29, 0.717) is 0 Å². The summed E-state index contributed by atoms with van der Waals surface area (Å²) in [6.45, 7) is 1.68. The highest BCUT2D eigenvalue weighted by Gasteiger charge is 2.35. The smallest absolute Gasteiger partial charge is 0.421 e. The van der Waals surface area contributed by atoms with Crippen molar-refractivity contribution in [3.8, 4) is 11.6 Å². The first kappa shape index (κ1) is 21.4. The fourth-order valence-electron chi connectivity index (χ4n) is 3.17. The summed E-state index contributed by atoms with van der Waals surface area (Å²) in [5.41, 5.74) is -0.867. The Kier molecular flexibility index (Phi) is 5.37. The maximum Gasteiger partial charge on any atom is 0.421 e. The number of pyridine rings is 1. The normalized spacial score (nSPS) is 11.7. The first-order chi connectivity index (χ1) is 15.1. The summed E-state index contributed by atoms with van der Waals surface area (Å²) in [5.74, 6) is -2.99. The molecular formula is C22H14F5N3O2. The number of benzene rings is 2. The zero-order valence-corrected chi connectivity index (χ0v) is 16.5. The molecule has 0 saturated heterocycles. The van der Waals surface area contributed by atoms with Crippen LogP contribution in [0.4, 0.5) is 22.0 Å². The van der Waals surface area contributed by atoms with E-state index in [4.69, 9.17) is 4.74 Å². The Morgan fingerprint density at radius 1 is 1.03 bits per heavy atom. The van der Waals surface area contributed by atoms with Gasteiger partial charge in [-0.3, -0.25) is 4.79 Å². The van der Waals surface area contributed by atoms with Crippen molar-refractivity contribution in [2.75, 3.05) is 0 Å². The van der Waals surface area contributed by atoms with Crippen LogP contribution in [-0.2, 0) is 12.7 Å². The van der Waals surface area contributed by atoms with Crippen molar-refractivity contribution in [1.29, 1.82) is 0 Å². The van der Waals surface area contributed by atoms with Crippen LogP contribution in [0.1, 0.15) is 16.7 Å². The molecule has 0 amide bonds. The van der Waals surface area contributed by atoms with Crippen LogP contribution in [0.2, 0.25) is 0 Å². The summed E-state index contributed by atoms with van der Waals surface area (Å²) in [4.78, 5) is 19.5. The van der Waals surface area contributed by atoms with Gasteiger partial charge in [0.15, 0.2) is 11.6 Å². The molecular weight excluding hydrogens is 433 g/mol. The van der Waals surface area contributed by atoms with E-state index >= 15 is 0 Å². The van der Waals surface area contributed by atoms with Crippen LogP contribution in [0.3, 0.4) is 0 Å². The summed E-state index contributed by atoms with van der Waals surface area (Å²) < 4.78 is 75.0. The van der Waals surface area contributed by atoms with Crippen LogP contribution in [0.5, 0.6) is 11.6 Å². The number of ether oxygens (including phenoxy) is 1. The third-order valence-electron chi connectivity index (χ3n) is 4.74. The molecule has 2 aromatic heterocycles. The van der Waals surface area contributed by atoms with Gasteiger partial charge in [0.25, 0.3) is 5.56 Å². The van der Waals surface area contributed by atoms with Crippen LogP contribution >= 0.6 is 0 Å². The van der Waals surface area contributed by atoms with Crippen LogP contribution < -0.4 is 10.3 Å². The molecule has 32 heavy (non-hydrogen) atoms. The number of hydrogen-bond acceptors (Lipinski definition) is 4. The van der Waals surface area contributed by atoms with Crippen molar-refractivity contribution in [2.24, 2.45) is 0 Å². The lowest BCUT2D eigenvalue weighted by Crippen LogP contribution is -2.14. The molecule has 0 radical (unpaired) electrons. The maximum absolute atomic E-state index is 14.8. The number of alkyl halides is 3. The van der Waals surface area contributed by atoms with Crippen molar-refractivity contribution < 1.29 is 26.7 Å². The molecule has 0 saturated carbocycles. The Morgan fingerprint density at radius 2 is 1.81 bits per heavy atom. The van der Waals surface area contributed by atoms with E-state index in [1.807, 2.05) is 0 Å². The molecule has 4 rings (SSSR count). The number of aryl methyl sites for hydroxylation is 1. The number of nitrogens with zero attached hydrogens (tertiary/aromatic N) is 3. The topological polar surface area (TPSA) is 57.0 Å². The number of fused-ring (bicyclic) bond motifs is 1. The van der Waals surface area contributed by atoms with Crippen molar-refractivity contribution in [1.82, 2.24) is 14.5 Å². The fourth-order valence-corrected chi connectivity index (χ4v) is 3.17. The monoisotopic (exact) mass is 447 g/mol. The predicted octanol–water partition coefficient (Wildman–Crippen LogP) is 5.24. The fraction of sp³-hybridized carbons (Fsp3) is 0.136. The Morgan fingerprint density at radius 3 is 2.53 bits per heavy atom. The lowest BCUT2D eigenvalue weighted by Gasteiger charge is -2.15. The lowest BCUT2D eigenvalue weighted by atomic mass is 10.1. The molecule has 0 bridgehead atoms. The van der Waals surface area contributed by atoms with Gasteiger partial charge in [-0.1, -0.05) is 12.1 Å². The Balaban J connectivity index is 1.78. The Labute approximate surface area is 177 Å². The molecule has 0 aliphatic heterocycles. The van der Waals surface area contributed by atoms with E-state index in [0.717, 1.165) is 42.4 Å². The van der Waals surface area contributed by atoms with Gasteiger partial charge >= 0.3 is 6.18 Å². The number of aromatic nitrogens is 3. The molecule has 5 nitrogen and oxygen atoms in total. The highest BCUT2D eigenvalue weighted by Crippen LogP contribution is 2.37. The molecule has 0 aliphatic rings. The summed E-state index contributed by atoms with van der Waals surface area (Å²) >= 11 is 0. The van der Waals surface area contributed by atoms with E-state index in [9.17, 15) is 26.7 Å². The predicted molar refractivity (Wildman–Crippen MR) is 106 cm³/mol. The average Bonchev–Trinajstić information content (AvgIpc) is 2.72. The highest BCUT2D eigenvalue weighted by molar-refractivity contribution is 5.80. The molecule has 10 heteroatoms. The van der Waals surface area contributed by atoms with E-state index in [-0.39, 0.29) is 23.0 Å². The summed E-state index contributed by atoms with van der Waals surface area (Å²) in [6, 6.07) is 8.29. The minimum atomic E-state index is -4.77. The molecule has 0 aliphatic carbocycles. The second kappa shape index (κ2) is 8.03. The molecule has 4 aromatic rings. The maximum atomic E-state index is 14.8. The standard InChI is InChI=1S/C22H14F5N3O2/c1-12-4-5-13(16(23)7-12)10-30-11-29-20(31)14-8-19(17(24)9-18(14)30)32-21-15(22(25,26)27)3-2-6-28-21/h2-9,11H,10H2,1H3. The third kappa shape index (κ3) is 4.16. The first-order valence-electron chi connectivity index (χ1n) is 9.27. The molecule has 0 spiro atoms. The minimum Gasteiger partial charge on any atom is -0.435 e. The third-order valence-corrected chi connectivity index (χ3v) is 4.74. The lowest BCUT2D eigenvalue weighted by molar-refractivity contribution is -0.138. The van der Waals surface area contributed by atoms with Crippen LogP contribution in [0.15, 0.2) is 59.8 Å². The van der Waals surface area contributed by atoms with Gasteiger partial charge in [0.1, 0.15) is 11.4 Å². The SMILES string of the molecule is Cc1ccc(Cn2cnc(=O)c3cc(Oc4ncccc4C(F)(F)F)c(F)cc32)c(F)c1. The summed E-state index contributed by atoms with van der Waals surface area (Å²) in [5, 5.41) is -0.110. The Hall–Kier alpha value is -3.82. The van der Waals surface area contributed by atoms with Gasteiger partial charge in [-0.25, -0.2) is 13.8 Å². The van der Waals surface area contributed by atoms with Crippen LogP contribution in [0, 0.1) is 18.6 Å². The number of rotatable bonds is 4. The summed E-state index contributed by atoms with van der Waals surface area (Å²) in [6.07, 6.45) is -2.57. The molecule has 164 valence electrons. The zero-order valence-electron chi connectivity index (χ0n) is 16.5. The summed E-state index contributed by atoms with van der Waals surface area (Å²) in [7, 11) is 0. The van der Waals surface area contributed by atoms with E-state index < -0.39 is 40.6 Å². The average molecular weight is 447 g/mol. The van der Waals surface area contributed by atoms with Gasteiger partial charge in [-0.15, -0.1) is 0 Å². The molecule has 2 heterocycles. The minimum absolute atomic E-state index is 0.0476. The van der Waals surface area contributed by atoms with Gasteiger partial charge in [-0.2, -0.15) is 18.2 Å². The quantitative estimate of drug-likeness (QED) is 0.402. The second-order valence-electron chi connectivity index (χ2n) is 7.03. The van der Waals surface area contributed by atoms with Gasteiger partial charge in [0.2, 0.25) is 5.88 Å². The second-order valence-corrected chi connectivity index (χ2v) is 7.03. The molecule has 0 atom stereocenters. The molecule has 0 N–H and O–H groups in total. The zero-order chi connectivity index (χ0) is 23.0. The van der Waals surface area contributed by atoms with Crippen molar-refractivity contribution in [2.45, 2.75) is 19.6 Å². The molecule has 0 fully saturated rings. The molecule has 2 aromatic carbocycles. The first-order valence-corrected chi connectivity index (χ1v) is 9.27. The van der Waals surface area contributed by atoms with Crippen LogP contribution in [0.25, 0.3) is 10.9 Å². The van der Waals surface area contributed by atoms with Crippen molar-refractivity contribution in [3.63, 3.8) is 0 Å². The highest BCUT2D eigenvalue weighted by atomic mass is 19.4. The van der Waals surface area contributed by atoms with Gasteiger partial charge in [-0.05, 0) is 36.8 Å². The van der Waals surface area contributed by atoms with E-state index in [1.54, 1.807) is 19.1 Å². The van der Waals surface area contributed by atoms with Gasteiger partial charge < -0.3 is 9.30 Å². The number of halogens is 5. The van der Waals surface area contributed by atoms with E-state index in [1.165, 1.54) is 10.6 Å². The van der Waals surface area contributed by atoms with E-state index in [2.05, 4.69) is 9.97 Å². The van der Waals surface area contributed by atoms with Crippen molar-refractivity contribution in [3.05, 3.63) is 93.7 Å². The Bertz CT molecular complexity index is 1380.